The van der Waals surface area contributed by atoms with Gasteiger partial charge in [-0.1, -0.05) is 58.5 Å². The lowest BCUT2D eigenvalue weighted by molar-refractivity contribution is 0.914. The van der Waals surface area contributed by atoms with E-state index in [0.717, 1.165) is 11.1 Å². The van der Waals surface area contributed by atoms with Gasteiger partial charge < -0.3 is 0 Å². The Bertz CT molecular complexity index is 630. The Kier molecular flexibility index (Phi) is 6.67. The maximum atomic E-state index is 6.32. The van der Waals surface area contributed by atoms with E-state index in [9.17, 15) is 0 Å². The van der Waals surface area contributed by atoms with Crippen molar-refractivity contribution >= 4 is 85.6 Å². The van der Waals surface area contributed by atoms with Gasteiger partial charge in [-0.05, 0) is 41.4 Å². The fraction of sp³-hybridized carbons (Fsp3) is 0.143. The predicted molar refractivity (Wildman–Crippen MR) is 103 cm³/mol. The molecule has 0 spiro atoms. The van der Waals surface area contributed by atoms with E-state index in [1.54, 1.807) is 24.3 Å². The van der Waals surface area contributed by atoms with Crippen LogP contribution in [0.15, 0.2) is 36.4 Å². The van der Waals surface area contributed by atoms with Gasteiger partial charge in [0.25, 0.3) is 0 Å². The van der Waals surface area contributed by atoms with Crippen molar-refractivity contribution in [1.29, 1.82) is 0 Å². The minimum Gasteiger partial charge on any atom is -0.126 e. The summed E-state index contributed by atoms with van der Waals surface area (Å²) in [6, 6.07) is 7.89. The van der Waals surface area contributed by atoms with E-state index in [-0.39, 0.29) is 5.92 Å². The standard InChI is InChI=1S/C14H9Cl7Si/c15-8-1-3-10(13(17)5-8)12(7-22(19,20)21)11-4-2-9(16)6-14(11)18/h1-6,12H,7H2. The Balaban J connectivity index is 2.55. The molecule has 0 heterocycles. The molecule has 118 valence electrons. The van der Waals surface area contributed by atoms with Gasteiger partial charge in [0.15, 0.2) is 0 Å². The van der Waals surface area contributed by atoms with Crippen LogP contribution in [0.5, 0.6) is 0 Å². The molecule has 2 aromatic rings. The molecule has 0 aliphatic rings. The molecule has 0 unspecified atom stereocenters. The van der Waals surface area contributed by atoms with Crippen LogP contribution in [0.3, 0.4) is 0 Å². The fourth-order valence-corrected chi connectivity index (χ4v) is 5.56. The van der Waals surface area contributed by atoms with Crippen LogP contribution in [0.4, 0.5) is 0 Å². The van der Waals surface area contributed by atoms with E-state index in [2.05, 4.69) is 0 Å². The Morgan fingerprint density at radius 2 is 1.14 bits per heavy atom. The van der Waals surface area contributed by atoms with Crippen LogP contribution < -0.4 is 0 Å². The van der Waals surface area contributed by atoms with Crippen LogP contribution in [0.2, 0.25) is 26.1 Å². The topological polar surface area (TPSA) is 0 Å². The van der Waals surface area contributed by atoms with Crippen molar-refractivity contribution in [2.75, 3.05) is 0 Å². The molecule has 0 amide bonds. The molecule has 0 aromatic heterocycles. The highest BCUT2D eigenvalue weighted by molar-refractivity contribution is 7.64. The number of hydrogen-bond donors (Lipinski definition) is 0. The molecule has 0 saturated carbocycles. The molecule has 2 rings (SSSR count). The third-order valence-electron chi connectivity index (χ3n) is 3.11. The van der Waals surface area contributed by atoms with Crippen molar-refractivity contribution in [2.45, 2.75) is 12.0 Å². The highest BCUT2D eigenvalue weighted by Crippen LogP contribution is 2.43. The molecule has 0 saturated heterocycles. The van der Waals surface area contributed by atoms with E-state index in [1.807, 2.05) is 12.1 Å². The molecule has 0 radical (unpaired) electrons. The van der Waals surface area contributed by atoms with E-state index in [4.69, 9.17) is 79.6 Å². The van der Waals surface area contributed by atoms with Crippen molar-refractivity contribution in [3.63, 3.8) is 0 Å². The molecular formula is C14H9Cl7Si. The Morgan fingerprint density at radius 1 is 0.727 bits per heavy atom. The Hall–Kier alpha value is 0.687. The molecule has 0 N–H and O–H groups in total. The van der Waals surface area contributed by atoms with Gasteiger partial charge in [-0.3, -0.25) is 0 Å². The lowest BCUT2D eigenvalue weighted by Crippen LogP contribution is -2.16. The number of rotatable bonds is 4. The summed E-state index contributed by atoms with van der Waals surface area (Å²) in [7, 11) is 0. The van der Waals surface area contributed by atoms with Gasteiger partial charge in [0.1, 0.15) is 0 Å². The Morgan fingerprint density at radius 3 is 1.45 bits per heavy atom. The summed E-state index contributed by atoms with van der Waals surface area (Å²) in [5, 5.41) is 2.10. The van der Waals surface area contributed by atoms with Gasteiger partial charge in [0.2, 0.25) is 0 Å². The van der Waals surface area contributed by atoms with Crippen molar-refractivity contribution in [3.05, 3.63) is 67.6 Å². The van der Waals surface area contributed by atoms with Gasteiger partial charge in [-0.25, -0.2) is 0 Å². The smallest absolute Gasteiger partial charge is 0.126 e. The summed E-state index contributed by atoms with van der Waals surface area (Å²) in [5.41, 5.74) is 1.63. The van der Waals surface area contributed by atoms with Crippen molar-refractivity contribution in [3.8, 4) is 0 Å². The van der Waals surface area contributed by atoms with Crippen molar-refractivity contribution < 1.29 is 0 Å². The molecule has 0 fully saturated rings. The first-order valence-corrected chi connectivity index (χ1v) is 12.9. The van der Waals surface area contributed by atoms with Crippen LogP contribution >= 0.6 is 79.6 Å². The maximum Gasteiger partial charge on any atom is 0.342 e. The molecule has 0 aliphatic carbocycles. The predicted octanol–water partition coefficient (Wildman–Crippen LogP) is 8.09. The lowest BCUT2D eigenvalue weighted by atomic mass is 9.93. The summed E-state index contributed by atoms with van der Waals surface area (Å²) in [6.07, 6.45) is 0. The summed E-state index contributed by atoms with van der Waals surface area (Å²) in [6.45, 7) is 0. The fourth-order valence-electron chi connectivity index (χ4n) is 2.19. The molecule has 0 aliphatic heterocycles. The largest absolute Gasteiger partial charge is 0.342 e. The first-order chi connectivity index (χ1) is 10.2. The zero-order valence-corrected chi connectivity index (χ0v) is 17.2. The zero-order chi connectivity index (χ0) is 16.5. The van der Waals surface area contributed by atoms with E-state index < -0.39 is 6.00 Å². The van der Waals surface area contributed by atoms with Crippen LogP contribution in [0.1, 0.15) is 17.0 Å². The summed E-state index contributed by atoms with van der Waals surface area (Å²) in [4.78, 5) is 0. The average molecular weight is 453 g/mol. The minimum absolute atomic E-state index is 0.242. The average Bonchev–Trinajstić information content (AvgIpc) is 2.35. The summed E-state index contributed by atoms with van der Waals surface area (Å²) >= 11 is 42.9. The van der Waals surface area contributed by atoms with Crippen LogP contribution in [0.25, 0.3) is 0 Å². The first-order valence-electron chi connectivity index (χ1n) is 6.14. The Labute approximate surface area is 164 Å². The zero-order valence-electron chi connectivity index (χ0n) is 10.9. The lowest BCUT2D eigenvalue weighted by Gasteiger charge is -2.23. The van der Waals surface area contributed by atoms with Crippen molar-refractivity contribution in [2.24, 2.45) is 0 Å². The molecule has 0 bridgehead atoms. The molecule has 8 heteroatoms. The summed E-state index contributed by atoms with van der Waals surface area (Å²) in [5.74, 6) is -0.242. The molecule has 2 aromatic carbocycles. The second kappa shape index (κ2) is 7.71. The van der Waals surface area contributed by atoms with Crippen LogP contribution in [0, 0.1) is 0 Å². The highest BCUT2D eigenvalue weighted by atomic mass is 35.8. The minimum atomic E-state index is -2.93. The quantitative estimate of drug-likeness (QED) is 0.324. The van der Waals surface area contributed by atoms with Gasteiger partial charge in [0.05, 0.1) is 0 Å². The van der Waals surface area contributed by atoms with E-state index in [1.165, 1.54) is 0 Å². The van der Waals surface area contributed by atoms with Gasteiger partial charge in [0, 0.05) is 26.0 Å². The van der Waals surface area contributed by atoms with E-state index >= 15 is 0 Å². The molecular weight excluding hydrogens is 444 g/mol. The molecule has 22 heavy (non-hydrogen) atoms. The summed E-state index contributed by atoms with van der Waals surface area (Å²) < 4.78 is 0. The second-order valence-corrected chi connectivity index (χ2v) is 15.6. The number of benzene rings is 2. The first kappa shape index (κ1) is 19.0. The SMILES string of the molecule is Clc1ccc(C(C[Si](Cl)(Cl)Cl)c2ccc(Cl)cc2Cl)c(Cl)c1. The number of hydrogen-bond acceptors (Lipinski definition) is 0. The maximum absolute atomic E-state index is 6.32. The third-order valence-corrected chi connectivity index (χ3v) is 6.50. The number of halogens is 7. The van der Waals surface area contributed by atoms with E-state index in [0.29, 0.717) is 26.1 Å². The highest BCUT2D eigenvalue weighted by Gasteiger charge is 2.33. The normalized spacial score (nSPS) is 12.0. The van der Waals surface area contributed by atoms with Crippen LogP contribution in [-0.4, -0.2) is 6.00 Å². The van der Waals surface area contributed by atoms with Gasteiger partial charge in [-0.15, -0.1) is 33.2 Å². The van der Waals surface area contributed by atoms with Gasteiger partial charge in [-0.2, -0.15) is 0 Å². The van der Waals surface area contributed by atoms with Crippen LogP contribution in [-0.2, 0) is 0 Å². The second-order valence-electron chi connectivity index (χ2n) is 4.70. The third kappa shape index (κ3) is 5.09. The van der Waals surface area contributed by atoms with Gasteiger partial charge >= 0.3 is 6.00 Å². The molecule has 0 atom stereocenters. The molecule has 0 nitrogen and oxygen atoms in total. The monoisotopic (exact) mass is 450 g/mol. The van der Waals surface area contributed by atoms with Crippen molar-refractivity contribution in [1.82, 2.24) is 0 Å².